The van der Waals surface area contributed by atoms with Crippen LogP contribution in [-0.4, -0.2) is 33.4 Å². The third-order valence-corrected chi connectivity index (χ3v) is 4.42. The van der Waals surface area contributed by atoms with E-state index >= 15 is 0 Å². The van der Waals surface area contributed by atoms with Gasteiger partial charge in [0, 0.05) is 5.56 Å². The summed E-state index contributed by atoms with van der Waals surface area (Å²) < 4.78 is 46.4. The monoisotopic (exact) mass is 381 g/mol. The number of primary sulfonamides is 1. The Morgan fingerprint density at radius 1 is 1.12 bits per heavy atom. The van der Waals surface area contributed by atoms with E-state index in [1.165, 1.54) is 26.2 Å². The number of ether oxygens (including phenoxy) is 2. The topological polar surface area (TPSA) is 113 Å². The second kappa shape index (κ2) is 7.63. The SMILES string of the molecule is COc1ccc(C(=O)C(C)OC(=O)c2cc(S(N)(=O)=O)ccc2F)cc1. The average Bonchev–Trinajstić information content (AvgIpc) is 2.60. The van der Waals surface area contributed by atoms with Gasteiger partial charge in [0.05, 0.1) is 17.6 Å². The minimum atomic E-state index is -4.12. The number of methoxy groups -OCH3 is 1. The third kappa shape index (κ3) is 4.44. The van der Waals surface area contributed by atoms with Crippen molar-refractivity contribution in [1.29, 1.82) is 0 Å². The molecule has 0 saturated heterocycles. The van der Waals surface area contributed by atoms with E-state index in [1.807, 2.05) is 0 Å². The normalized spacial score (nSPS) is 12.3. The molecule has 9 heteroatoms. The van der Waals surface area contributed by atoms with Gasteiger partial charge in [0.25, 0.3) is 0 Å². The van der Waals surface area contributed by atoms with Crippen molar-refractivity contribution >= 4 is 21.8 Å². The zero-order valence-corrected chi connectivity index (χ0v) is 14.7. The predicted molar refractivity (Wildman–Crippen MR) is 90.0 cm³/mol. The minimum absolute atomic E-state index is 0.268. The van der Waals surface area contributed by atoms with E-state index < -0.39 is 44.2 Å². The summed E-state index contributed by atoms with van der Waals surface area (Å²) in [5.41, 5.74) is -0.365. The number of nitrogens with two attached hydrogens (primary N) is 1. The van der Waals surface area contributed by atoms with Gasteiger partial charge in [-0.15, -0.1) is 0 Å². The smallest absolute Gasteiger partial charge is 0.341 e. The van der Waals surface area contributed by atoms with Gasteiger partial charge >= 0.3 is 5.97 Å². The first kappa shape index (κ1) is 19.5. The highest BCUT2D eigenvalue weighted by Crippen LogP contribution is 2.18. The Hall–Kier alpha value is -2.78. The number of hydrogen-bond acceptors (Lipinski definition) is 6. The van der Waals surface area contributed by atoms with Crippen LogP contribution in [0.2, 0.25) is 0 Å². The summed E-state index contributed by atoms with van der Waals surface area (Å²) in [7, 11) is -2.65. The number of Topliss-reactive ketones (excluding diaryl/α,β-unsaturated/α-hetero) is 1. The Morgan fingerprint density at radius 2 is 1.73 bits per heavy atom. The van der Waals surface area contributed by atoms with E-state index in [-0.39, 0.29) is 5.56 Å². The lowest BCUT2D eigenvalue weighted by Gasteiger charge is -2.13. The molecule has 2 aromatic carbocycles. The summed E-state index contributed by atoms with van der Waals surface area (Å²) in [5, 5.41) is 4.96. The molecule has 1 atom stereocenters. The summed E-state index contributed by atoms with van der Waals surface area (Å²) in [6.07, 6.45) is -1.21. The molecule has 2 rings (SSSR count). The molecule has 0 fully saturated rings. The molecule has 0 aliphatic carbocycles. The van der Waals surface area contributed by atoms with Crippen molar-refractivity contribution in [3.05, 3.63) is 59.4 Å². The number of carbonyl (C=O) groups is 2. The summed E-state index contributed by atoms with van der Waals surface area (Å²) in [6, 6.07) is 8.59. The molecule has 0 spiro atoms. The summed E-state index contributed by atoms with van der Waals surface area (Å²) >= 11 is 0. The van der Waals surface area contributed by atoms with E-state index in [1.54, 1.807) is 12.1 Å². The van der Waals surface area contributed by atoms with Gasteiger partial charge in [-0.1, -0.05) is 0 Å². The Balaban J connectivity index is 2.19. The van der Waals surface area contributed by atoms with Gasteiger partial charge in [0.15, 0.2) is 6.10 Å². The third-order valence-electron chi connectivity index (χ3n) is 3.51. The quantitative estimate of drug-likeness (QED) is 0.604. The molecule has 0 aliphatic rings. The van der Waals surface area contributed by atoms with Crippen LogP contribution in [0.15, 0.2) is 47.4 Å². The van der Waals surface area contributed by atoms with E-state index in [0.29, 0.717) is 5.75 Å². The Morgan fingerprint density at radius 3 is 2.27 bits per heavy atom. The standard InChI is InChI=1S/C17H16FNO6S/c1-10(16(20)11-3-5-12(24-2)6-4-11)25-17(21)14-9-13(26(19,22)23)7-8-15(14)18/h3-10H,1-2H3,(H2,19,22,23). The van der Waals surface area contributed by atoms with Gasteiger partial charge in [-0.2, -0.15) is 0 Å². The van der Waals surface area contributed by atoms with Gasteiger partial charge < -0.3 is 9.47 Å². The van der Waals surface area contributed by atoms with E-state index in [2.05, 4.69) is 0 Å². The summed E-state index contributed by atoms with van der Waals surface area (Å²) in [5.74, 6) is -2.13. The van der Waals surface area contributed by atoms with Crippen LogP contribution in [0.1, 0.15) is 27.6 Å². The number of benzene rings is 2. The number of halogens is 1. The Kier molecular flexibility index (Phi) is 5.73. The van der Waals surface area contributed by atoms with Crippen molar-refractivity contribution in [2.75, 3.05) is 7.11 Å². The molecule has 0 bridgehead atoms. The van der Waals surface area contributed by atoms with Gasteiger partial charge in [-0.25, -0.2) is 22.7 Å². The molecule has 2 N–H and O–H groups in total. The number of ketones is 1. The highest BCUT2D eigenvalue weighted by molar-refractivity contribution is 7.89. The Bertz CT molecular complexity index is 940. The maximum absolute atomic E-state index is 13.8. The summed E-state index contributed by atoms with van der Waals surface area (Å²) in [4.78, 5) is 24.0. The lowest BCUT2D eigenvalue weighted by atomic mass is 10.1. The predicted octanol–water partition coefficient (Wildman–Crippen LogP) is 1.91. The van der Waals surface area contributed by atoms with Crippen LogP contribution in [0.4, 0.5) is 4.39 Å². The molecular weight excluding hydrogens is 365 g/mol. The van der Waals surface area contributed by atoms with Gasteiger partial charge in [-0.3, -0.25) is 4.79 Å². The van der Waals surface area contributed by atoms with Crippen molar-refractivity contribution in [2.45, 2.75) is 17.9 Å². The number of esters is 1. The largest absolute Gasteiger partial charge is 0.497 e. The van der Waals surface area contributed by atoms with Crippen molar-refractivity contribution in [1.82, 2.24) is 0 Å². The second-order valence-corrected chi connectivity index (χ2v) is 6.89. The van der Waals surface area contributed by atoms with Gasteiger partial charge in [0.1, 0.15) is 11.6 Å². The molecule has 138 valence electrons. The first-order valence-corrected chi connectivity index (χ1v) is 8.89. The lowest BCUT2D eigenvalue weighted by Crippen LogP contribution is -2.25. The summed E-state index contributed by atoms with van der Waals surface area (Å²) in [6.45, 7) is 1.33. The average molecular weight is 381 g/mol. The van der Waals surface area contributed by atoms with Crippen LogP contribution in [-0.2, 0) is 14.8 Å². The van der Waals surface area contributed by atoms with E-state index in [0.717, 1.165) is 18.2 Å². The van der Waals surface area contributed by atoms with Crippen molar-refractivity contribution < 1.29 is 31.9 Å². The maximum atomic E-state index is 13.8. The molecule has 0 saturated carbocycles. The number of carbonyl (C=O) groups excluding carboxylic acids is 2. The van der Waals surface area contributed by atoms with Crippen molar-refractivity contribution in [2.24, 2.45) is 5.14 Å². The number of hydrogen-bond donors (Lipinski definition) is 1. The van der Waals surface area contributed by atoms with Crippen LogP contribution in [0, 0.1) is 5.82 Å². The highest BCUT2D eigenvalue weighted by Gasteiger charge is 2.23. The molecule has 2 aromatic rings. The van der Waals surface area contributed by atoms with Crippen LogP contribution in [0.3, 0.4) is 0 Å². The van der Waals surface area contributed by atoms with Crippen LogP contribution in [0.5, 0.6) is 5.75 Å². The highest BCUT2D eigenvalue weighted by atomic mass is 32.2. The fraction of sp³-hybridized carbons (Fsp3) is 0.176. The van der Waals surface area contributed by atoms with Crippen LogP contribution in [0.25, 0.3) is 0 Å². The van der Waals surface area contributed by atoms with E-state index in [4.69, 9.17) is 14.6 Å². The second-order valence-electron chi connectivity index (χ2n) is 5.33. The van der Waals surface area contributed by atoms with Crippen molar-refractivity contribution in [3.63, 3.8) is 0 Å². The number of rotatable bonds is 6. The molecule has 0 radical (unpaired) electrons. The lowest BCUT2D eigenvalue weighted by molar-refractivity contribution is 0.0314. The van der Waals surface area contributed by atoms with Crippen LogP contribution < -0.4 is 9.88 Å². The molecule has 0 aliphatic heterocycles. The molecule has 0 aromatic heterocycles. The first-order chi connectivity index (χ1) is 12.1. The van der Waals surface area contributed by atoms with Gasteiger partial charge in [-0.05, 0) is 49.4 Å². The first-order valence-electron chi connectivity index (χ1n) is 7.35. The fourth-order valence-electron chi connectivity index (χ4n) is 2.11. The zero-order chi connectivity index (χ0) is 19.5. The van der Waals surface area contributed by atoms with Crippen molar-refractivity contribution in [3.8, 4) is 5.75 Å². The maximum Gasteiger partial charge on any atom is 0.341 e. The van der Waals surface area contributed by atoms with Crippen LogP contribution >= 0.6 is 0 Å². The molecule has 0 heterocycles. The number of sulfonamides is 1. The Labute approximate surface area is 149 Å². The molecule has 1 unspecified atom stereocenters. The van der Waals surface area contributed by atoms with E-state index in [9.17, 15) is 22.4 Å². The zero-order valence-electron chi connectivity index (χ0n) is 13.9. The molecule has 0 amide bonds. The molecule has 7 nitrogen and oxygen atoms in total. The molecular formula is C17H16FNO6S. The minimum Gasteiger partial charge on any atom is -0.497 e. The fourth-order valence-corrected chi connectivity index (χ4v) is 2.65. The molecule has 26 heavy (non-hydrogen) atoms. The van der Waals surface area contributed by atoms with Gasteiger partial charge in [0.2, 0.25) is 15.8 Å².